The highest BCUT2D eigenvalue weighted by Gasteiger charge is 2.23. The van der Waals surface area contributed by atoms with Crippen molar-refractivity contribution in [1.29, 1.82) is 0 Å². The van der Waals surface area contributed by atoms with Crippen LogP contribution in [0, 0.1) is 0 Å². The van der Waals surface area contributed by atoms with E-state index >= 15 is 0 Å². The van der Waals surface area contributed by atoms with Crippen molar-refractivity contribution in [3.8, 4) is 39.9 Å². The molecule has 0 aliphatic rings. The van der Waals surface area contributed by atoms with E-state index < -0.39 is 0 Å². The number of nitrogens with zero attached hydrogens (tertiary/aromatic N) is 4. The van der Waals surface area contributed by atoms with E-state index in [0.717, 1.165) is 44.2 Å². The average molecular weight is 787 g/mol. The molecule has 0 saturated carbocycles. The predicted octanol–water partition coefficient (Wildman–Crippen LogP) is 15.0. The summed E-state index contributed by atoms with van der Waals surface area (Å²) in [7, 11) is 0. The monoisotopic (exact) mass is 786 g/mol. The number of fused-ring (bicyclic) bond motifs is 13. The number of para-hydroxylation sites is 2. The van der Waals surface area contributed by atoms with Crippen molar-refractivity contribution in [3.05, 3.63) is 182 Å². The lowest BCUT2D eigenvalue weighted by Crippen LogP contribution is -2.01. The molecule has 0 radical (unpaired) electrons. The second-order valence-corrected chi connectivity index (χ2v) is 17.2. The molecule has 0 unspecified atom stereocenters. The van der Waals surface area contributed by atoms with Gasteiger partial charge in [0.25, 0.3) is 0 Å². The molecule has 13 rings (SSSR count). The quantitative estimate of drug-likeness (QED) is 0.178. The standard InChI is InChI=1S/C53H30N4S2/c1-2-16-34(17-3-1)57-43-23-11-8-20-37(43)38-27-26-33(30-44(38)57)51-54-52(41-28-31-14-4-6-18-35(31)49-47(41)39-21-9-12-24-45(39)58-49)56-53(55-51)42-29-32-15-5-7-19-36(32)50-48(42)40-22-10-13-25-46(40)59-50/h1-30H. The summed E-state index contributed by atoms with van der Waals surface area (Å²) in [6, 6.07) is 65.3. The summed E-state index contributed by atoms with van der Waals surface area (Å²) in [5, 5.41) is 12.0. The molecule has 59 heavy (non-hydrogen) atoms. The molecule has 0 N–H and O–H groups in total. The van der Waals surface area contributed by atoms with Gasteiger partial charge in [-0.1, -0.05) is 133 Å². The van der Waals surface area contributed by atoms with Crippen molar-refractivity contribution in [1.82, 2.24) is 19.5 Å². The molecule has 9 aromatic carbocycles. The van der Waals surface area contributed by atoms with E-state index in [9.17, 15) is 0 Å². The molecule has 0 bridgehead atoms. The number of hydrogen-bond donors (Lipinski definition) is 0. The van der Waals surface area contributed by atoms with Gasteiger partial charge >= 0.3 is 0 Å². The highest BCUT2D eigenvalue weighted by molar-refractivity contribution is 7.27. The van der Waals surface area contributed by atoms with Crippen LogP contribution in [0.5, 0.6) is 0 Å². The van der Waals surface area contributed by atoms with Gasteiger partial charge in [-0.25, -0.2) is 15.0 Å². The largest absolute Gasteiger partial charge is 0.309 e. The van der Waals surface area contributed by atoms with Crippen LogP contribution in [-0.2, 0) is 0 Å². The molecule has 4 nitrogen and oxygen atoms in total. The maximum atomic E-state index is 5.53. The zero-order valence-electron chi connectivity index (χ0n) is 31.4. The lowest BCUT2D eigenvalue weighted by Gasteiger charge is -2.13. The summed E-state index contributed by atoms with van der Waals surface area (Å²) in [4.78, 5) is 16.5. The van der Waals surface area contributed by atoms with Gasteiger partial charge in [0.05, 0.1) is 11.0 Å². The Morgan fingerprint density at radius 3 is 1.44 bits per heavy atom. The molecule has 0 fully saturated rings. The van der Waals surface area contributed by atoms with Crippen LogP contribution >= 0.6 is 22.7 Å². The van der Waals surface area contributed by atoms with Gasteiger partial charge in [0.15, 0.2) is 17.5 Å². The van der Waals surface area contributed by atoms with Crippen LogP contribution in [0.2, 0.25) is 0 Å². The Bertz CT molecular complexity index is 3690. The zero-order valence-corrected chi connectivity index (χ0v) is 33.1. The van der Waals surface area contributed by atoms with E-state index in [0.29, 0.717) is 17.5 Å². The second kappa shape index (κ2) is 12.6. The number of benzene rings is 9. The Balaban J connectivity index is 1.16. The number of thiophene rings is 2. The molecular weight excluding hydrogens is 757 g/mol. The van der Waals surface area contributed by atoms with Crippen molar-refractivity contribution in [2.45, 2.75) is 0 Å². The minimum Gasteiger partial charge on any atom is -0.309 e. The normalized spacial score (nSPS) is 12.1. The minimum absolute atomic E-state index is 0.637. The van der Waals surface area contributed by atoms with Crippen LogP contribution < -0.4 is 0 Å². The molecule has 0 spiro atoms. The van der Waals surface area contributed by atoms with Gasteiger partial charge in [-0.3, -0.25) is 0 Å². The fourth-order valence-electron chi connectivity index (χ4n) is 9.18. The molecule has 0 aliphatic heterocycles. The van der Waals surface area contributed by atoms with Crippen molar-refractivity contribution in [2.24, 2.45) is 0 Å². The molecule has 0 atom stereocenters. The van der Waals surface area contributed by atoms with Gasteiger partial charge in [-0.2, -0.15) is 0 Å². The van der Waals surface area contributed by atoms with Gasteiger partial charge in [0.1, 0.15) is 0 Å². The smallest absolute Gasteiger partial charge is 0.164 e. The Morgan fingerprint density at radius 2 is 0.831 bits per heavy atom. The molecule has 13 aromatic rings. The third-order valence-corrected chi connectivity index (χ3v) is 14.2. The fraction of sp³-hybridized carbons (Fsp3) is 0. The topological polar surface area (TPSA) is 43.6 Å². The maximum absolute atomic E-state index is 5.53. The van der Waals surface area contributed by atoms with Crippen LogP contribution in [-0.4, -0.2) is 19.5 Å². The maximum Gasteiger partial charge on any atom is 0.164 e. The van der Waals surface area contributed by atoms with Crippen LogP contribution in [0.3, 0.4) is 0 Å². The van der Waals surface area contributed by atoms with E-state index in [4.69, 9.17) is 15.0 Å². The summed E-state index contributed by atoms with van der Waals surface area (Å²) in [5.41, 5.74) is 6.32. The first-order valence-corrected chi connectivity index (χ1v) is 21.4. The Morgan fingerprint density at radius 1 is 0.356 bits per heavy atom. The number of hydrogen-bond acceptors (Lipinski definition) is 5. The number of rotatable bonds is 4. The van der Waals surface area contributed by atoms with Crippen molar-refractivity contribution in [2.75, 3.05) is 0 Å². The first-order valence-electron chi connectivity index (χ1n) is 19.8. The number of aromatic nitrogens is 4. The summed E-state index contributed by atoms with van der Waals surface area (Å²) < 4.78 is 7.33. The van der Waals surface area contributed by atoms with Gasteiger partial charge in [0, 0.05) is 73.5 Å². The highest BCUT2D eigenvalue weighted by atomic mass is 32.1. The van der Waals surface area contributed by atoms with Crippen LogP contribution in [0.25, 0.3) is 124 Å². The van der Waals surface area contributed by atoms with Crippen LogP contribution in [0.4, 0.5) is 0 Å². The molecule has 0 saturated heterocycles. The van der Waals surface area contributed by atoms with Crippen LogP contribution in [0.1, 0.15) is 0 Å². The second-order valence-electron chi connectivity index (χ2n) is 15.1. The van der Waals surface area contributed by atoms with E-state index in [2.05, 4.69) is 187 Å². The molecule has 4 aromatic heterocycles. The third-order valence-electron chi connectivity index (χ3n) is 11.8. The van der Waals surface area contributed by atoms with E-state index in [-0.39, 0.29) is 0 Å². The van der Waals surface area contributed by atoms with E-state index in [1.165, 1.54) is 61.9 Å². The van der Waals surface area contributed by atoms with E-state index in [1.54, 1.807) is 0 Å². The fourth-order valence-corrected chi connectivity index (χ4v) is 11.7. The predicted molar refractivity (Wildman–Crippen MR) is 251 cm³/mol. The van der Waals surface area contributed by atoms with E-state index in [1.807, 2.05) is 22.7 Å². The molecule has 6 heteroatoms. The summed E-state index contributed by atoms with van der Waals surface area (Å²) in [6.07, 6.45) is 0. The zero-order chi connectivity index (χ0) is 38.6. The first kappa shape index (κ1) is 32.8. The summed E-state index contributed by atoms with van der Waals surface area (Å²) >= 11 is 3.67. The minimum atomic E-state index is 0.637. The summed E-state index contributed by atoms with van der Waals surface area (Å²) in [6.45, 7) is 0. The van der Waals surface area contributed by atoms with Gasteiger partial charge < -0.3 is 4.57 Å². The van der Waals surface area contributed by atoms with Crippen molar-refractivity contribution >= 4 is 106 Å². The lowest BCUT2D eigenvalue weighted by molar-refractivity contribution is 1.08. The Kier molecular flexibility index (Phi) is 7.02. The molecule has 0 amide bonds. The molecule has 274 valence electrons. The van der Waals surface area contributed by atoms with Gasteiger partial charge in [-0.15, -0.1) is 22.7 Å². The Labute approximate surface area is 345 Å². The van der Waals surface area contributed by atoms with Crippen molar-refractivity contribution < 1.29 is 0 Å². The average Bonchev–Trinajstić information content (AvgIpc) is 3.99. The molecule has 0 aliphatic carbocycles. The first-order chi connectivity index (χ1) is 29.2. The Hall–Kier alpha value is -7.25. The summed E-state index contributed by atoms with van der Waals surface area (Å²) in [5.74, 6) is 1.96. The van der Waals surface area contributed by atoms with Gasteiger partial charge in [-0.05, 0) is 70.1 Å². The van der Waals surface area contributed by atoms with Gasteiger partial charge in [0.2, 0.25) is 0 Å². The van der Waals surface area contributed by atoms with Crippen molar-refractivity contribution in [3.63, 3.8) is 0 Å². The van der Waals surface area contributed by atoms with Crippen LogP contribution in [0.15, 0.2) is 182 Å². The lowest BCUT2D eigenvalue weighted by atomic mass is 9.98. The highest BCUT2D eigenvalue weighted by Crippen LogP contribution is 2.46. The SMILES string of the molecule is c1ccc(-n2c3ccccc3c3ccc(-c4nc(-c5cc6ccccc6c6sc7ccccc7c56)nc(-c5cc6ccccc6c6sc7ccccc7c56)n4)cc32)cc1. The molecule has 4 heterocycles. The molecular formula is C53H30N4S2. The third kappa shape index (κ3) is 4.91.